The van der Waals surface area contributed by atoms with Crippen molar-refractivity contribution in [1.29, 1.82) is 0 Å². The molecule has 0 saturated heterocycles. The lowest BCUT2D eigenvalue weighted by atomic mass is 10.0. The van der Waals surface area contributed by atoms with Crippen LogP contribution in [0.15, 0.2) is 69.6 Å². The number of aromatic nitrogens is 1. The minimum atomic E-state index is 0.216. The number of anilines is 1. The molecule has 24 heavy (non-hydrogen) atoms. The van der Waals surface area contributed by atoms with E-state index in [1.165, 1.54) is 5.56 Å². The van der Waals surface area contributed by atoms with Crippen LogP contribution in [0.25, 0.3) is 11.3 Å². The molecule has 0 aliphatic carbocycles. The van der Waals surface area contributed by atoms with Gasteiger partial charge in [-0.05, 0) is 24.6 Å². The molecule has 0 amide bonds. The predicted octanol–water partition coefficient (Wildman–Crippen LogP) is 5.90. The van der Waals surface area contributed by atoms with Crippen molar-refractivity contribution < 1.29 is 0 Å². The third-order valence-corrected chi connectivity index (χ3v) is 5.43. The van der Waals surface area contributed by atoms with Gasteiger partial charge in [0, 0.05) is 27.5 Å². The second-order valence-corrected chi connectivity index (χ2v) is 7.58. The quantitative estimate of drug-likeness (QED) is 0.550. The molecule has 0 fully saturated rings. The average Bonchev–Trinajstić information content (AvgIpc) is 3.23. The summed E-state index contributed by atoms with van der Waals surface area (Å²) < 4.78 is 1.09. The Hall–Kier alpha value is -1.98. The van der Waals surface area contributed by atoms with Crippen LogP contribution in [0.3, 0.4) is 0 Å². The number of nitrogens with zero attached hydrogens (tertiary/aromatic N) is 3. The SMILES string of the molecule is CC1=NN(c2nc(-c3ccccc3)cs2)[C@@H](c2ccc(Br)cc2)C1. The molecule has 5 heteroatoms. The van der Waals surface area contributed by atoms with E-state index in [9.17, 15) is 0 Å². The number of hydrogen-bond donors (Lipinski definition) is 0. The molecule has 1 aromatic heterocycles. The average molecular weight is 398 g/mol. The van der Waals surface area contributed by atoms with Crippen molar-refractivity contribution in [3.05, 3.63) is 70.0 Å². The zero-order chi connectivity index (χ0) is 16.5. The topological polar surface area (TPSA) is 28.5 Å². The maximum absolute atomic E-state index is 4.82. The highest BCUT2D eigenvalue weighted by atomic mass is 79.9. The maximum atomic E-state index is 4.82. The van der Waals surface area contributed by atoms with Crippen LogP contribution in [0, 0.1) is 0 Å². The van der Waals surface area contributed by atoms with Gasteiger partial charge in [0.15, 0.2) is 0 Å². The molecule has 0 spiro atoms. The summed E-state index contributed by atoms with van der Waals surface area (Å²) >= 11 is 5.15. The molecule has 2 heterocycles. The van der Waals surface area contributed by atoms with Crippen LogP contribution >= 0.6 is 27.3 Å². The summed E-state index contributed by atoms with van der Waals surface area (Å²) in [5.41, 5.74) is 4.54. The van der Waals surface area contributed by atoms with Crippen LogP contribution < -0.4 is 5.01 Å². The van der Waals surface area contributed by atoms with E-state index in [2.05, 4.69) is 69.6 Å². The molecule has 0 unspecified atom stereocenters. The van der Waals surface area contributed by atoms with Crippen LogP contribution in [0.1, 0.15) is 24.9 Å². The second kappa shape index (κ2) is 6.49. The van der Waals surface area contributed by atoms with Gasteiger partial charge >= 0.3 is 0 Å². The van der Waals surface area contributed by atoms with Crippen LogP contribution in [0.4, 0.5) is 5.13 Å². The van der Waals surface area contributed by atoms with Gasteiger partial charge < -0.3 is 0 Å². The molecule has 0 radical (unpaired) electrons. The van der Waals surface area contributed by atoms with Gasteiger partial charge in [-0.3, -0.25) is 0 Å². The lowest BCUT2D eigenvalue weighted by Crippen LogP contribution is -2.18. The minimum Gasteiger partial charge on any atom is -0.231 e. The first-order valence-corrected chi connectivity index (χ1v) is 9.48. The molecule has 120 valence electrons. The van der Waals surface area contributed by atoms with Gasteiger partial charge in [-0.1, -0.05) is 58.4 Å². The van der Waals surface area contributed by atoms with Crippen LogP contribution in [0.2, 0.25) is 0 Å². The smallest absolute Gasteiger partial charge is 0.207 e. The highest BCUT2D eigenvalue weighted by Crippen LogP contribution is 2.38. The van der Waals surface area contributed by atoms with E-state index in [0.717, 1.165) is 33.0 Å². The summed E-state index contributed by atoms with van der Waals surface area (Å²) in [6, 6.07) is 19.0. The van der Waals surface area contributed by atoms with Crippen molar-refractivity contribution >= 4 is 38.1 Å². The lowest BCUT2D eigenvalue weighted by Gasteiger charge is -2.21. The summed E-state index contributed by atoms with van der Waals surface area (Å²) in [5, 5.41) is 9.84. The van der Waals surface area contributed by atoms with Gasteiger partial charge in [0.2, 0.25) is 5.13 Å². The Balaban J connectivity index is 1.66. The molecule has 4 rings (SSSR count). The van der Waals surface area contributed by atoms with Crippen molar-refractivity contribution in [2.45, 2.75) is 19.4 Å². The highest BCUT2D eigenvalue weighted by Gasteiger charge is 2.29. The molecular formula is C19H16BrN3S. The zero-order valence-corrected chi connectivity index (χ0v) is 15.6. The van der Waals surface area contributed by atoms with E-state index in [4.69, 9.17) is 10.1 Å². The van der Waals surface area contributed by atoms with Crippen molar-refractivity contribution in [3.63, 3.8) is 0 Å². The Morgan fingerprint density at radius 3 is 2.58 bits per heavy atom. The van der Waals surface area contributed by atoms with Gasteiger partial charge in [0.25, 0.3) is 0 Å². The number of rotatable bonds is 3. The van der Waals surface area contributed by atoms with Gasteiger partial charge in [-0.2, -0.15) is 5.10 Å². The van der Waals surface area contributed by atoms with E-state index < -0.39 is 0 Å². The molecule has 3 nitrogen and oxygen atoms in total. The van der Waals surface area contributed by atoms with Gasteiger partial charge in [0.05, 0.1) is 11.7 Å². The van der Waals surface area contributed by atoms with Crippen molar-refractivity contribution in [2.24, 2.45) is 5.10 Å². The monoisotopic (exact) mass is 397 g/mol. The largest absolute Gasteiger partial charge is 0.231 e. The summed E-state index contributed by atoms with van der Waals surface area (Å²) in [4.78, 5) is 4.82. The minimum absolute atomic E-state index is 0.216. The third-order valence-electron chi connectivity index (χ3n) is 4.07. The van der Waals surface area contributed by atoms with Crippen molar-refractivity contribution in [2.75, 3.05) is 5.01 Å². The number of thiazole rings is 1. The summed E-state index contributed by atoms with van der Waals surface area (Å²) in [6.45, 7) is 2.08. The maximum Gasteiger partial charge on any atom is 0.207 e. The molecule has 2 aromatic carbocycles. The Kier molecular flexibility index (Phi) is 4.21. The molecule has 1 aliphatic rings. The normalized spacial score (nSPS) is 17.2. The van der Waals surface area contributed by atoms with Crippen LogP contribution in [-0.4, -0.2) is 10.7 Å². The van der Waals surface area contributed by atoms with E-state index in [1.54, 1.807) is 11.3 Å². The second-order valence-electron chi connectivity index (χ2n) is 5.83. The number of halogens is 1. The van der Waals surface area contributed by atoms with Crippen LogP contribution in [-0.2, 0) is 0 Å². The van der Waals surface area contributed by atoms with E-state index in [0.29, 0.717) is 0 Å². The Morgan fingerprint density at radius 2 is 1.83 bits per heavy atom. The number of hydrazone groups is 1. The number of hydrogen-bond acceptors (Lipinski definition) is 4. The van der Waals surface area contributed by atoms with Gasteiger partial charge in [-0.15, -0.1) is 11.3 Å². The first-order chi connectivity index (χ1) is 11.7. The Labute approximate surface area is 153 Å². The standard InChI is InChI=1S/C19H16BrN3S/c1-13-11-18(15-7-9-16(20)10-8-15)23(22-13)19-21-17(12-24-19)14-5-3-2-4-6-14/h2-10,12,18H,11H2,1H3/t18-/m1/s1. The fourth-order valence-corrected chi connectivity index (χ4v) is 3.99. The fourth-order valence-electron chi connectivity index (χ4n) is 2.89. The number of benzene rings is 2. The molecule has 0 saturated carbocycles. The predicted molar refractivity (Wildman–Crippen MR) is 105 cm³/mol. The summed E-state index contributed by atoms with van der Waals surface area (Å²) in [6.07, 6.45) is 0.932. The Morgan fingerprint density at radius 1 is 1.08 bits per heavy atom. The van der Waals surface area contributed by atoms with Crippen molar-refractivity contribution in [3.8, 4) is 11.3 Å². The van der Waals surface area contributed by atoms with E-state index >= 15 is 0 Å². The van der Waals surface area contributed by atoms with E-state index in [-0.39, 0.29) is 6.04 Å². The van der Waals surface area contributed by atoms with E-state index in [1.807, 2.05) is 18.2 Å². The first-order valence-electron chi connectivity index (χ1n) is 7.80. The van der Waals surface area contributed by atoms with Crippen LogP contribution in [0.5, 0.6) is 0 Å². The van der Waals surface area contributed by atoms with Crippen molar-refractivity contribution in [1.82, 2.24) is 4.98 Å². The Bertz CT molecular complexity index is 871. The molecule has 0 bridgehead atoms. The zero-order valence-electron chi connectivity index (χ0n) is 13.2. The molecular weight excluding hydrogens is 382 g/mol. The molecule has 1 atom stereocenters. The van der Waals surface area contributed by atoms with Gasteiger partial charge in [0.1, 0.15) is 0 Å². The first kappa shape index (κ1) is 15.5. The molecule has 0 N–H and O–H groups in total. The molecule has 3 aromatic rings. The third kappa shape index (κ3) is 3.01. The summed E-state index contributed by atoms with van der Waals surface area (Å²) in [5.74, 6) is 0. The fraction of sp³-hybridized carbons (Fsp3) is 0.158. The molecule has 1 aliphatic heterocycles. The van der Waals surface area contributed by atoms with Gasteiger partial charge in [-0.25, -0.2) is 9.99 Å². The highest BCUT2D eigenvalue weighted by molar-refractivity contribution is 9.10. The summed E-state index contributed by atoms with van der Waals surface area (Å²) in [7, 11) is 0. The lowest BCUT2D eigenvalue weighted by molar-refractivity contribution is 0.706.